The minimum absolute atomic E-state index is 0.161. The molecule has 7 nitrogen and oxygen atoms in total. The Balaban J connectivity index is 1.32. The van der Waals surface area contributed by atoms with Crippen LogP contribution in [-0.2, 0) is 9.59 Å². The Labute approximate surface area is 231 Å². The number of methoxy groups -OCH3 is 1. The first kappa shape index (κ1) is 25.8. The molecule has 0 saturated carbocycles. The quantitative estimate of drug-likeness (QED) is 0.271. The summed E-state index contributed by atoms with van der Waals surface area (Å²) in [5.74, 6) is 1.14. The van der Waals surface area contributed by atoms with Crippen molar-refractivity contribution in [1.29, 1.82) is 0 Å². The van der Waals surface area contributed by atoms with Crippen molar-refractivity contribution in [2.45, 2.75) is 0 Å². The number of carbonyl (C=O) groups is 2. The van der Waals surface area contributed by atoms with E-state index in [0.717, 1.165) is 11.1 Å². The average Bonchev–Trinajstić information content (AvgIpc) is 3.28. The van der Waals surface area contributed by atoms with Gasteiger partial charge in [0.2, 0.25) is 0 Å². The molecule has 1 aliphatic heterocycles. The Kier molecular flexibility index (Phi) is 7.70. The van der Waals surface area contributed by atoms with E-state index in [4.69, 9.17) is 26.1 Å². The van der Waals surface area contributed by atoms with Crippen molar-refractivity contribution in [3.63, 3.8) is 0 Å². The van der Waals surface area contributed by atoms with Crippen LogP contribution in [0.1, 0.15) is 11.1 Å². The molecule has 1 N–H and O–H groups in total. The molecule has 194 valence electrons. The molecule has 0 fully saturated rings. The third-order valence-electron chi connectivity index (χ3n) is 5.87. The highest BCUT2D eigenvalue weighted by molar-refractivity contribution is 6.33. The van der Waals surface area contributed by atoms with Crippen molar-refractivity contribution < 1.29 is 19.1 Å². The first-order chi connectivity index (χ1) is 19.0. The normalized spacial score (nSPS) is 13.8. The second-order valence-corrected chi connectivity index (χ2v) is 9.03. The van der Waals surface area contributed by atoms with Crippen molar-refractivity contribution in [1.82, 2.24) is 0 Å². The van der Waals surface area contributed by atoms with Crippen LogP contribution in [0, 0.1) is 0 Å². The first-order valence-corrected chi connectivity index (χ1v) is 12.5. The Morgan fingerprint density at radius 2 is 1.69 bits per heavy atom. The van der Waals surface area contributed by atoms with Gasteiger partial charge in [-0.25, -0.2) is 4.99 Å². The van der Waals surface area contributed by atoms with Crippen molar-refractivity contribution in [2.75, 3.05) is 23.9 Å². The second kappa shape index (κ2) is 11.7. The lowest BCUT2D eigenvalue weighted by atomic mass is 10.1. The number of carbonyl (C=O) groups excluding carboxylic acids is 2. The molecule has 8 heteroatoms. The van der Waals surface area contributed by atoms with E-state index in [2.05, 4.69) is 5.32 Å². The summed E-state index contributed by atoms with van der Waals surface area (Å²) < 4.78 is 11.0. The largest absolute Gasteiger partial charge is 0.497 e. The fraction of sp³-hybridized carbons (Fsp3) is 0.0645. The zero-order valence-corrected chi connectivity index (χ0v) is 21.8. The summed E-state index contributed by atoms with van der Waals surface area (Å²) in [7, 11) is 1.58. The van der Waals surface area contributed by atoms with Crippen molar-refractivity contribution in [2.24, 2.45) is 4.99 Å². The molecule has 4 aromatic carbocycles. The lowest BCUT2D eigenvalue weighted by Gasteiger charge is -2.19. The van der Waals surface area contributed by atoms with Crippen LogP contribution >= 0.6 is 11.6 Å². The monoisotopic (exact) mass is 537 g/mol. The Morgan fingerprint density at radius 1 is 0.923 bits per heavy atom. The van der Waals surface area contributed by atoms with E-state index in [1.165, 1.54) is 0 Å². The molecule has 5 rings (SSSR count). The van der Waals surface area contributed by atoms with Crippen LogP contribution in [0.2, 0.25) is 5.02 Å². The summed E-state index contributed by atoms with van der Waals surface area (Å²) in [5, 5.41) is 3.27. The molecule has 0 unspecified atom stereocenters. The van der Waals surface area contributed by atoms with Crippen molar-refractivity contribution in [3.8, 4) is 11.5 Å². The van der Waals surface area contributed by atoms with E-state index in [1.807, 2.05) is 48.5 Å². The van der Waals surface area contributed by atoms with Crippen LogP contribution in [0.15, 0.2) is 114 Å². The molecular weight excluding hydrogens is 514 g/mol. The zero-order valence-electron chi connectivity index (χ0n) is 21.0. The van der Waals surface area contributed by atoms with Gasteiger partial charge in [-0.1, -0.05) is 66.2 Å². The van der Waals surface area contributed by atoms with Crippen LogP contribution in [0.4, 0.5) is 11.4 Å². The molecule has 0 atom stereocenters. The first-order valence-electron chi connectivity index (χ1n) is 12.1. The highest BCUT2D eigenvalue weighted by Crippen LogP contribution is 2.30. The maximum atomic E-state index is 13.5. The van der Waals surface area contributed by atoms with Gasteiger partial charge in [0.1, 0.15) is 23.0 Å². The highest BCUT2D eigenvalue weighted by Gasteiger charge is 2.32. The summed E-state index contributed by atoms with van der Waals surface area (Å²) >= 11 is 5.95. The summed E-state index contributed by atoms with van der Waals surface area (Å²) in [4.78, 5) is 32.0. The molecule has 0 aliphatic carbocycles. The third-order valence-corrected chi connectivity index (χ3v) is 6.10. The number of aliphatic imine (C=N–C) groups is 1. The van der Waals surface area contributed by atoms with Gasteiger partial charge in [0.15, 0.2) is 6.61 Å². The molecule has 39 heavy (non-hydrogen) atoms. The average molecular weight is 538 g/mol. The number of nitrogens with one attached hydrogen (secondary N) is 1. The van der Waals surface area contributed by atoms with Crippen LogP contribution < -0.4 is 19.7 Å². The SMILES string of the molecule is COc1cccc(N2C(=O)/C(=C/c3ccc(OCC(=O)Nc4cccc(Cl)c4)cc3)N=C2c2ccccc2)c1. The fourth-order valence-corrected chi connectivity index (χ4v) is 4.21. The zero-order chi connectivity index (χ0) is 27.2. The van der Waals surface area contributed by atoms with Gasteiger partial charge in [-0.2, -0.15) is 0 Å². The van der Waals surface area contributed by atoms with E-state index < -0.39 is 0 Å². The number of nitrogens with zero attached hydrogens (tertiary/aromatic N) is 2. The number of anilines is 2. The van der Waals surface area contributed by atoms with Crippen molar-refractivity contribution >= 4 is 46.7 Å². The van der Waals surface area contributed by atoms with Gasteiger partial charge in [-0.3, -0.25) is 14.5 Å². The fourth-order valence-electron chi connectivity index (χ4n) is 4.02. The van der Waals surface area contributed by atoms with Crippen LogP contribution in [-0.4, -0.2) is 31.4 Å². The molecule has 0 aromatic heterocycles. The number of halogens is 1. The molecule has 0 spiro atoms. The number of rotatable bonds is 8. The minimum atomic E-state index is -0.305. The van der Waals surface area contributed by atoms with Crippen LogP contribution in [0.5, 0.6) is 11.5 Å². The van der Waals surface area contributed by atoms with Gasteiger partial charge >= 0.3 is 0 Å². The number of hydrogen-bond donors (Lipinski definition) is 1. The van der Waals surface area contributed by atoms with Crippen LogP contribution in [0.25, 0.3) is 6.08 Å². The Bertz CT molecular complexity index is 1570. The molecule has 2 amide bonds. The van der Waals surface area contributed by atoms with Gasteiger partial charge in [0.05, 0.1) is 12.8 Å². The van der Waals surface area contributed by atoms with E-state index >= 15 is 0 Å². The Morgan fingerprint density at radius 3 is 2.44 bits per heavy atom. The predicted octanol–water partition coefficient (Wildman–Crippen LogP) is 6.20. The molecule has 0 bridgehead atoms. The minimum Gasteiger partial charge on any atom is -0.497 e. The second-order valence-electron chi connectivity index (χ2n) is 8.59. The number of ether oxygens (including phenoxy) is 2. The highest BCUT2D eigenvalue weighted by atomic mass is 35.5. The van der Waals surface area contributed by atoms with Crippen molar-refractivity contribution in [3.05, 3.63) is 125 Å². The summed E-state index contributed by atoms with van der Waals surface area (Å²) in [5.41, 5.74) is 3.13. The van der Waals surface area contributed by atoms with E-state index in [0.29, 0.717) is 39.4 Å². The molecule has 0 saturated heterocycles. The number of amidine groups is 1. The van der Waals surface area contributed by atoms with Gasteiger partial charge < -0.3 is 14.8 Å². The lowest BCUT2D eigenvalue weighted by Crippen LogP contribution is -2.32. The molecule has 0 radical (unpaired) electrons. The van der Waals surface area contributed by atoms with Gasteiger partial charge in [-0.05, 0) is 54.1 Å². The summed E-state index contributed by atoms with van der Waals surface area (Å²) in [6.07, 6.45) is 1.72. The van der Waals surface area contributed by atoms with E-state index in [1.54, 1.807) is 72.7 Å². The molecular formula is C31H24ClN3O4. The van der Waals surface area contributed by atoms with Crippen LogP contribution in [0.3, 0.4) is 0 Å². The van der Waals surface area contributed by atoms with Gasteiger partial charge in [0, 0.05) is 22.3 Å². The number of amides is 2. The maximum Gasteiger partial charge on any atom is 0.282 e. The van der Waals surface area contributed by atoms with E-state index in [-0.39, 0.29) is 18.4 Å². The van der Waals surface area contributed by atoms with Gasteiger partial charge in [-0.15, -0.1) is 0 Å². The maximum absolute atomic E-state index is 13.5. The van der Waals surface area contributed by atoms with E-state index in [9.17, 15) is 9.59 Å². The molecule has 1 heterocycles. The lowest BCUT2D eigenvalue weighted by molar-refractivity contribution is -0.118. The topological polar surface area (TPSA) is 80.2 Å². The van der Waals surface area contributed by atoms with Gasteiger partial charge in [0.25, 0.3) is 11.8 Å². The summed E-state index contributed by atoms with van der Waals surface area (Å²) in [6, 6.07) is 30.8. The molecule has 4 aromatic rings. The third kappa shape index (κ3) is 6.17. The summed E-state index contributed by atoms with van der Waals surface area (Å²) in [6.45, 7) is -0.161. The Hall–Kier alpha value is -4.88. The molecule has 1 aliphatic rings. The number of hydrogen-bond acceptors (Lipinski definition) is 5. The predicted molar refractivity (Wildman–Crippen MR) is 153 cm³/mol. The number of benzene rings is 4. The smallest absolute Gasteiger partial charge is 0.282 e. The standard InChI is InChI=1S/C31H24ClN3O4/c1-38-27-12-6-11-25(19-27)35-30(22-7-3-2-4-8-22)34-28(31(35)37)17-21-13-15-26(16-14-21)39-20-29(36)33-24-10-5-9-23(32)18-24/h2-19H,20H2,1H3,(H,33,36)/b28-17-.